The zero-order valence-electron chi connectivity index (χ0n) is 32.0. The van der Waals surface area contributed by atoms with E-state index in [0.29, 0.717) is 24.6 Å². The lowest BCUT2D eigenvalue weighted by molar-refractivity contribution is -0.146. The average Bonchev–Trinajstić information content (AvgIpc) is 3.72. The molecule has 0 bridgehead atoms. The van der Waals surface area contributed by atoms with Gasteiger partial charge in [-0.1, -0.05) is 30.4 Å². The molecular formula is C42H41F3N6O6S. The van der Waals surface area contributed by atoms with Gasteiger partial charge in [-0.15, -0.1) is 11.8 Å². The van der Waals surface area contributed by atoms with Crippen LogP contribution in [0.5, 0.6) is 0 Å². The molecule has 1 saturated heterocycles. The number of aromatic nitrogens is 3. The van der Waals surface area contributed by atoms with Crippen molar-refractivity contribution >= 4 is 29.8 Å². The van der Waals surface area contributed by atoms with Crippen molar-refractivity contribution in [1.82, 2.24) is 19.7 Å². The third-order valence-corrected chi connectivity index (χ3v) is 10.5. The molecule has 2 atom stereocenters. The Labute approximate surface area is 338 Å². The summed E-state index contributed by atoms with van der Waals surface area (Å²) in [6.07, 6.45) is 9.04. The molecule has 1 aromatic heterocycles. The zero-order chi connectivity index (χ0) is 41.7. The number of thioether (sulfide) groups is 1. The number of nitrogens with zero attached hydrogens (tertiary/aromatic N) is 6. The van der Waals surface area contributed by atoms with Crippen LogP contribution >= 0.6 is 11.8 Å². The molecule has 0 radical (unpaired) electrons. The van der Waals surface area contributed by atoms with E-state index in [2.05, 4.69) is 10.1 Å². The van der Waals surface area contributed by atoms with Crippen LogP contribution in [-0.2, 0) is 42.5 Å². The van der Waals surface area contributed by atoms with Gasteiger partial charge in [0.1, 0.15) is 36.7 Å². The van der Waals surface area contributed by atoms with E-state index in [1.165, 1.54) is 65.5 Å². The Morgan fingerprint density at radius 1 is 1.03 bits per heavy atom. The molecule has 0 unspecified atom stereocenters. The van der Waals surface area contributed by atoms with Crippen LogP contribution in [0.15, 0.2) is 85.5 Å². The second-order valence-electron chi connectivity index (χ2n) is 13.6. The smallest absolute Gasteiger partial charge is 0.339 e. The first-order valence-corrected chi connectivity index (χ1v) is 19.1. The fourth-order valence-corrected chi connectivity index (χ4v) is 7.44. The standard InChI is InChI=1S/C42H41F3N6O6S/c1-28(58-34-23-55-40(56-24-34)9-5-4-7-31-12-10-30(21-47)18-37(31)44)42(25-51-27-48-26-49-51,36-15-14-33(43)19-38(36)45)57-41(53)35-17-29(20-46)11-13-32(35)22-54-39(52)8-6-16-50(2)3/h4-5,7,9-15,17-19,26-28,34,40H,6,8,16,22-25H2,1-3H3/b7-4+,9-5+/t28-,34-,40-,42-/m1/s1. The summed E-state index contributed by atoms with van der Waals surface area (Å²) < 4.78 is 69.7. The summed E-state index contributed by atoms with van der Waals surface area (Å²) in [7, 11) is 3.77. The number of benzene rings is 3. The quantitative estimate of drug-likeness (QED) is 0.0823. The van der Waals surface area contributed by atoms with Gasteiger partial charge in [0.15, 0.2) is 11.9 Å². The largest absolute Gasteiger partial charge is 0.461 e. The van der Waals surface area contributed by atoms with E-state index in [1.807, 2.05) is 31.1 Å². The van der Waals surface area contributed by atoms with Gasteiger partial charge in [-0.2, -0.15) is 15.6 Å². The second kappa shape index (κ2) is 20.6. The van der Waals surface area contributed by atoms with Crippen LogP contribution in [0.25, 0.3) is 6.08 Å². The van der Waals surface area contributed by atoms with Crippen molar-refractivity contribution in [3.05, 3.63) is 136 Å². The lowest BCUT2D eigenvalue weighted by Gasteiger charge is -2.40. The Hall–Kier alpha value is -5.78. The number of esters is 2. The average molecular weight is 815 g/mol. The summed E-state index contributed by atoms with van der Waals surface area (Å²) in [6.45, 7) is 2.19. The van der Waals surface area contributed by atoms with Gasteiger partial charge in [-0.3, -0.25) is 4.79 Å². The number of allylic oxidation sites excluding steroid dienone is 2. The molecule has 4 aromatic rings. The SMILES string of the molecule is C[C@@H](S[C@H]1CO[C@H](/C=C/C=C/c2ccc(C#N)cc2F)OC1)[C@@](Cn1cncn1)(OC(=O)c1cc(C#N)ccc1COC(=O)CCCN(C)C)c1ccc(F)cc1F. The van der Waals surface area contributed by atoms with Crippen LogP contribution in [0.1, 0.15) is 57.9 Å². The van der Waals surface area contributed by atoms with E-state index in [4.69, 9.17) is 24.2 Å². The molecule has 58 heavy (non-hydrogen) atoms. The summed E-state index contributed by atoms with van der Waals surface area (Å²) in [5.74, 6) is -3.79. The topological polar surface area (TPSA) is 153 Å². The van der Waals surface area contributed by atoms with Gasteiger partial charge in [0, 0.05) is 34.4 Å². The third kappa shape index (κ3) is 11.6. The van der Waals surface area contributed by atoms with Crippen molar-refractivity contribution in [3.63, 3.8) is 0 Å². The predicted octanol–water partition coefficient (Wildman–Crippen LogP) is 6.71. The molecule has 1 aliphatic heterocycles. The summed E-state index contributed by atoms with van der Waals surface area (Å²) in [6, 6.07) is 15.3. The number of hydrogen-bond acceptors (Lipinski definition) is 12. The third-order valence-electron chi connectivity index (χ3n) is 9.09. The minimum Gasteiger partial charge on any atom is -0.461 e. The summed E-state index contributed by atoms with van der Waals surface area (Å²) in [4.78, 5) is 32.9. The van der Waals surface area contributed by atoms with Gasteiger partial charge in [0.2, 0.25) is 0 Å². The molecule has 302 valence electrons. The molecule has 1 fully saturated rings. The molecule has 0 spiro atoms. The molecule has 12 nitrogen and oxygen atoms in total. The number of carbonyl (C=O) groups is 2. The summed E-state index contributed by atoms with van der Waals surface area (Å²) in [5, 5.41) is 21.7. The number of carbonyl (C=O) groups excluding carboxylic acids is 2. The molecule has 3 aromatic carbocycles. The minimum absolute atomic E-state index is 0.0854. The maximum atomic E-state index is 16.0. The molecule has 1 aliphatic rings. The highest BCUT2D eigenvalue weighted by Crippen LogP contribution is 2.42. The Kier molecular flexibility index (Phi) is 15.4. The number of halogens is 3. The Balaban J connectivity index is 1.38. The molecule has 0 N–H and O–H groups in total. The molecule has 0 saturated carbocycles. The fraction of sp³-hybridized carbons (Fsp3) is 0.333. The number of hydrogen-bond donors (Lipinski definition) is 0. The second-order valence-corrected chi connectivity index (χ2v) is 15.2. The summed E-state index contributed by atoms with van der Waals surface area (Å²) in [5.41, 5.74) is -1.21. The van der Waals surface area contributed by atoms with Crippen molar-refractivity contribution in [3.8, 4) is 12.1 Å². The first-order chi connectivity index (χ1) is 27.9. The molecule has 0 aliphatic carbocycles. The molecule has 2 heterocycles. The van der Waals surface area contributed by atoms with Gasteiger partial charge >= 0.3 is 11.9 Å². The zero-order valence-corrected chi connectivity index (χ0v) is 32.8. The number of ether oxygens (including phenoxy) is 4. The maximum absolute atomic E-state index is 16.0. The van der Waals surface area contributed by atoms with E-state index in [0.717, 1.165) is 12.1 Å². The lowest BCUT2D eigenvalue weighted by atomic mass is 9.89. The van der Waals surface area contributed by atoms with E-state index >= 15 is 4.39 Å². The van der Waals surface area contributed by atoms with E-state index in [-0.39, 0.29) is 65.9 Å². The van der Waals surface area contributed by atoms with Crippen LogP contribution in [-0.4, -0.2) is 82.2 Å². The maximum Gasteiger partial charge on any atom is 0.339 e. The van der Waals surface area contributed by atoms with E-state index < -0.39 is 46.5 Å². The molecule has 0 amide bonds. The minimum atomic E-state index is -1.88. The molecule has 16 heteroatoms. The highest BCUT2D eigenvalue weighted by atomic mass is 32.2. The van der Waals surface area contributed by atoms with Crippen molar-refractivity contribution < 1.29 is 41.7 Å². The lowest BCUT2D eigenvalue weighted by Crippen LogP contribution is -2.47. The van der Waals surface area contributed by atoms with E-state index in [9.17, 15) is 23.6 Å². The van der Waals surface area contributed by atoms with Gasteiger partial charge in [0.05, 0.1) is 53.8 Å². The van der Waals surface area contributed by atoms with Crippen molar-refractivity contribution in [1.29, 1.82) is 10.5 Å². The Morgan fingerprint density at radius 2 is 1.78 bits per heavy atom. The Bertz CT molecular complexity index is 2200. The Morgan fingerprint density at radius 3 is 2.45 bits per heavy atom. The summed E-state index contributed by atoms with van der Waals surface area (Å²) >= 11 is 1.29. The van der Waals surface area contributed by atoms with Crippen LogP contribution in [0.4, 0.5) is 13.2 Å². The fourth-order valence-electron chi connectivity index (χ4n) is 6.08. The van der Waals surface area contributed by atoms with Crippen LogP contribution in [0, 0.1) is 40.1 Å². The van der Waals surface area contributed by atoms with Gasteiger partial charge in [-0.05, 0) is 76.5 Å². The number of rotatable bonds is 17. The van der Waals surface area contributed by atoms with Crippen molar-refractivity contribution in [2.45, 2.75) is 55.3 Å². The van der Waals surface area contributed by atoms with Crippen LogP contribution < -0.4 is 0 Å². The van der Waals surface area contributed by atoms with Crippen LogP contribution in [0.2, 0.25) is 0 Å². The highest BCUT2D eigenvalue weighted by Gasteiger charge is 2.47. The first-order valence-electron chi connectivity index (χ1n) is 18.2. The van der Waals surface area contributed by atoms with Crippen molar-refractivity contribution in [2.24, 2.45) is 0 Å². The normalized spacial score (nSPS) is 17.1. The monoisotopic (exact) mass is 814 g/mol. The van der Waals surface area contributed by atoms with Gasteiger partial charge in [-0.25, -0.2) is 27.6 Å². The molecular weight excluding hydrogens is 774 g/mol. The molecule has 5 rings (SSSR count). The predicted molar refractivity (Wildman–Crippen MR) is 208 cm³/mol. The van der Waals surface area contributed by atoms with Crippen molar-refractivity contribution in [2.75, 3.05) is 33.9 Å². The highest BCUT2D eigenvalue weighted by molar-refractivity contribution is 8.00. The first kappa shape index (κ1) is 43.3. The van der Waals surface area contributed by atoms with E-state index in [1.54, 1.807) is 31.2 Å². The van der Waals surface area contributed by atoms with Crippen LogP contribution in [0.3, 0.4) is 0 Å². The van der Waals surface area contributed by atoms with Gasteiger partial charge in [0.25, 0.3) is 0 Å². The number of nitriles is 2. The van der Waals surface area contributed by atoms with Gasteiger partial charge < -0.3 is 23.8 Å².